The molecule has 0 aromatic carbocycles. The molecule has 0 aromatic rings. The average Bonchev–Trinajstić information content (AvgIpc) is 1.86. The molecule has 0 bridgehead atoms. The van der Waals surface area contributed by atoms with E-state index in [1.54, 1.807) is 0 Å². The summed E-state index contributed by atoms with van der Waals surface area (Å²) < 4.78 is 24.1. The molecular weight excluding hydrogens is 116 g/mol. The molecule has 2 nitrogen and oxygen atoms in total. The lowest BCUT2D eigenvalue weighted by molar-refractivity contribution is -0.0714. The van der Waals surface area contributed by atoms with Crippen LogP contribution in [-0.4, -0.2) is 30.2 Å². The van der Waals surface area contributed by atoms with Crippen molar-refractivity contribution in [3.05, 3.63) is 0 Å². The van der Waals surface area contributed by atoms with E-state index in [9.17, 15) is 8.78 Å². The van der Waals surface area contributed by atoms with E-state index >= 15 is 0 Å². The van der Waals surface area contributed by atoms with Crippen LogP contribution in [0.15, 0.2) is 0 Å². The van der Waals surface area contributed by atoms with Gasteiger partial charge in [-0.1, -0.05) is 0 Å². The van der Waals surface area contributed by atoms with E-state index in [2.05, 4.69) is 5.32 Å². The molecule has 0 spiro atoms. The Hall–Kier alpha value is -0.220. The Morgan fingerprint density at radius 2 is 2.25 bits per heavy atom. The van der Waals surface area contributed by atoms with Crippen LogP contribution in [0.2, 0.25) is 0 Å². The number of rotatable bonds is 0. The molecule has 1 fully saturated rings. The van der Waals surface area contributed by atoms with Gasteiger partial charge in [-0.2, -0.15) is 0 Å². The van der Waals surface area contributed by atoms with Gasteiger partial charge in [-0.05, 0) is 0 Å². The Morgan fingerprint density at radius 1 is 1.62 bits per heavy atom. The minimum absolute atomic E-state index is 0.00694. The van der Waals surface area contributed by atoms with Crippen molar-refractivity contribution >= 4 is 0 Å². The molecule has 48 valence electrons. The van der Waals surface area contributed by atoms with E-state index in [1.165, 1.54) is 0 Å². The molecule has 0 amide bonds. The highest BCUT2D eigenvalue weighted by Crippen LogP contribution is 2.20. The third-order valence-electron chi connectivity index (χ3n) is 1.19. The molecule has 1 heterocycles. The van der Waals surface area contributed by atoms with Crippen LogP contribution >= 0.6 is 0 Å². The number of alkyl halides is 2. The van der Waals surface area contributed by atoms with Gasteiger partial charge in [0.2, 0.25) is 0 Å². The van der Waals surface area contributed by atoms with Crippen molar-refractivity contribution in [1.29, 1.82) is 0 Å². The molecule has 1 aliphatic rings. The summed E-state index contributed by atoms with van der Waals surface area (Å²) in [6.45, 7) is -0.388. The van der Waals surface area contributed by atoms with Gasteiger partial charge in [-0.15, -0.1) is 0 Å². The molecule has 0 saturated carbocycles. The standard InChI is InChI=1S/C4H7F2NO/c5-4(6)2-7-1-3(4)8/h3,7-8H,1-2H2/t3-/m0/s1. The fraction of sp³-hybridized carbons (Fsp3) is 1.00. The molecule has 2 N–H and O–H groups in total. The van der Waals surface area contributed by atoms with Crippen LogP contribution in [0, 0.1) is 0 Å². The Bertz CT molecular complexity index is 96.0. The largest absolute Gasteiger partial charge is 0.385 e. The monoisotopic (exact) mass is 123 g/mol. The molecule has 4 heteroatoms. The van der Waals surface area contributed by atoms with Crippen molar-refractivity contribution in [2.24, 2.45) is 0 Å². The maximum absolute atomic E-state index is 12.0. The SMILES string of the molecule is O[C@H]1CNCC1(F)F. The second-order valence-electron chi connectivity index (χ2n) is 1.91. The van der Waals surface area contributed by atoms with Crippen LogP contribution < -0.4 is 5.32 Å². The van der Waals surface area contributed by atoms with Gasteiger partial charge in [-0.3, -0.25) is 0 Å². The van der Waals surface area contributed by atoms with Crippen molar-refractivity contribution < 1.29 is 13.9 Å². The van der Waals surface area contributed by atoms with Gasteiger partial charge in [0.05, 0.1) is 6.54 Å². The number of aliphatic hydroxyl groups is 1. The van der Waals surface area contributed by atoms with Crippen LogP contribution in [0.4, 0.5) is 8.78 Å². The maximum atomic E-state index is 12.0. The summed E-state index contributed by atoms with van der Waals surface area (Å²) in [6.07, 6.45) is -1.48. The van der Waals surface area contributed by atoms with Crippen LogP contribution in [-0.2, 0) is 0 Å². The summed E-state index contributed by atoms with van der Waals surface area (Å²) >= 11 is 0. The van der Waals surface area contributed by atoms with Crippen molar-refractivity contribution in [3.8, 4) is 0 Å². The van der Waals surface area contributed by atoms with E-state index in [-0.39, 0.29) is 6.54 Å². The Balaban J connectivity index is 2.54. The minimum Gasteiger partial charge on any atom is -0.385 e. The van der Waals surface area contributed by atoms with E-state index in [0.717, 1.165) is 0 Å². The van der Waals surface area contributed by atoms with Gasteiger partial charge in [0.25, 0.3) is 5.92 Å². The summed E-state index contributed by atoms with van der Waals surface area (Å²) in [5.41, 5.74) is 0. The second kappa shape index (κ2) is 1.63. The van der Waals surface area contributed by atoms with Gasteiger partial charge < -0.3 is 10.4 Å². The molecule has 1 saturated heterocycles. The molecule has 1 aliphatic heterocycles. The lowest BCUT2D eigenvalue weighted by Gasteiger charge is -2.09. The first kappa shape index (κ1) is 5.91. The fourth-order valence-electron chi connectivity index (χ4n) is 0.643. The molecule has 1 rings (SSSR count). The smallest absolute Gasteiger partial charge is 0.286 e. The number of halogens is 2. The Labute approximate surface area is 45.5 Å². The van der Waals surface area contributed by atoms with E-state index in [4.69, 9.17) is 5.11 Å². The zero-order valence-corrected chi connectivity index (χ0v) is 4.19. The van der Waals surface area contributed by atoms with E-state index < -0.39 is 18.6 Å². The summed E-state index contributed by atoms with van der Waals surface area (Å²) in [4.78, 5) is 0. The summed E-state index contributed by atoms with van der Waals surface area (Å²) in [5, 5.41) is 10.8. The van der Waals surface area contributed by atoms with Gasteiger partial charge in [0, 0.05) is 6.54 Å². The summed E-state index contributed by atoms with van der Waals surface area (Å²) in [5.74, 6) is -2.90. The third kappa shape index (κ3) is 0.809. The van der Waals surface area contributed by atoms with Crippen LogP contribution in [0.1, 0.15) is 0 Å². The molecule has 1 atom stereocenters. The Kier molecular flexibility index (Phi) is 1.21. The normalized spacial score (nSPS) is 35.6. The first-order chi connectivity index (χ1) is 3.63. The van der Waals surface area contributed by atoms with E-state index in [0.29, 0.717) is 0 Å². The highest BCUT2D eigenvalue weighted by Gasteiger charge is 2.42. The minimum atomic E-state index is -2.90. The molecule has 8 heavy (non-hydrogen) atoms. The van der Waals surface area contributed by atoms with Crippen LogP contribution in [0.3, 0.4) is 0 Å². The Morgan fingerprint density at radius 3 is 2.38 bits per heavy atom. The van der Waals surface area contributed by atoms with Gasteiger partial charge in [-0.25, -0.2) is 8.78 Å². The lowest BCUT2D eigenvalue weighted by atomic mass is 10.2. The fourth-order valence-corrected chi connectivity index (χ4v) is 0.643. The zero-order chi connectivity index (χ0) is 6.20. The predicted molar refractivity (Wildman–Crippen MR) is 23.8 cm³/mol. The average molecular weight is 123 g/mol. The number of hydrogen-bond acceptors (Lipinski definition) is 2. The number of hydrogen-bond donors (Lipinski definition) is 2. The molecular formula is C4H7F2NO. The first-order valence-corrected chi connectivity index (χ1v) is 2.39. The number of aliphatic hydroxyl groups excluding tert-OH is 1. The third-order valence-corrected chi connectivity index (χ3v) is 1.19. The number of β-amino-alcohol motifs (C(OH)–C–C–N with tert-alkyl or cyclic N) is 1. The van der Waals surface area contributed by atoms with Gasteiger partial charge >= 0.3 is 0 Å². The van der Waals surface area contributed by atoms with Crippen molar-refractivity contribution in [1.82, 2.24) is 5.32 Å². The molecule has 0 aliphatic carbocycles. The van der Waals surface area contributed by atoms with Crippen LogP contribution in [0.25, 0.3) is 0 Å². The van der Waals surface area contributed by atoms with Crippen molar-refractivity contribution in [2.45, 2.75) is 12.0 Å². The quantitative estimate of drug-likeness (QED) is 0.458. The second-order valence-corrected chi connectivity index (χ2v) is 1.91. The predicted octanol–water partition coefficient (Wildman–Crippen LogP) is -0.414. The lowest BCUT2D eigenvalue weighted by Crippen LogP contribution is -2.30. The topological polar surface area (TPSA) is 32.3 Å². The maximum Gasteiger partial charge on any atom is 0.286 e. The van der Waals surface area contributed by atoms with Crippen LogP contribution in [0.5, 0.6) is 0 Å². The van der Waals surface area contributed by atoms with Crippen molar-refractivity contribution in [2.75, 3.05) is 13.1 Å². The van der Waals surface area contributed by atoms with Gasteiger partial charge in [0.1, 0.15) is 6.10 Å². The number of nitrogens with one attached hydrogen (secondary N) is 1. The zero-order valence-electron chi connectivity index (χ0n) is 4.19. The summed E-state index contributed by atoms with van der Waals surface area (Å²) in [6, 6.07) is 0. The van der Waals surface area contributed by atoms with E-state index in [1.807, 2.05) is 0 Å². The molecule has 0 aromatic heterocycles. The highest BCUT2D eigenvalue weighted by atomic mass is 19.3. The van der Waals surface area contributed by atoms with Crippen molar-refractivity contribution in [3.63, 3.8) is 0 Å². The molecule has 0 radical (unpaired) electrons. The highest BCUT2D eigenvalue weighted by molar-refractivity contribution is 4.87. The molecule has 0 unspecified atom stereocenters. The summed E-state index contributed by atoms with van der Waals surface area (Å²) in [7, 11) is 0. The van der Waals surface area contributed by atoms with Gasteiger partial charge in [0.15, 0.2) is 0 Å². The first-order valence-electron chi connectivity index (χ1n) is 2.39.